The molecule has 1 saturated heterocycles. The summed E-state index contributed by atoms with van der Waals surface area (Å²) in [6.07, 6.45) is 4.30. The lowest BCUT2D eigenvalue weighted by molar-refractivity contribution is -0.0253. The van der Waals surface area contributed by atoms with Crippen molar-refractivity contribution in [2.45, 2.75) is 51.8 Å². The number of hydrogen-bond acceptors (Lipinski definition) is 3. The summed E-state index contributed by atoms with van der Waals surface area (Å²) < 4.78 is 16.8. The molecule has 0 bridgehead atoms. The van der Waals surface area contributed by atoms with Crippen LogP contribution in [0.15, 0.2) is 0 Å². The van der Waals surface area contributed by atoms with Crippen LogP contribution in [0.2, 0.25) is 0 Å². The minimum atomic E-state index is -0.711. The third-order valence-corrected chi connectivity index (χ3v) is 4.03. The fraction of sp³-hybridized carbons (Fsp3) is 1.00. The second-order valence-corrected chi connectivity index (χ2v) is 6.66. The van der Waals surface area contributed by atoms with Gasteiger partial charge in [-0.15, -0.1) is 0 Å². The Morgan fingerprint density at radius 2 is 2.12 bits per heavy atom. The first-order valence-electron chi connectivity index (χ1n) is 6.16. The van der Waals surface area contributed by atoms with E-state index in [0.717, 1.165) is 25.2 Å². The molecule has 0 aromatic rings. The zero-order valence-electron chi connectivity index (χ0n) is 10.9. The normalized spacial score (nSPS) is 30.3. The molecule has 1 aliphatic heterocycles. The highest BCUT2D eigenvalue weighted by atomic mass is 32.2. The number of rotatable bonds is 5. The van der Waals surface area contributed by atoms with Gasteiger partial charge in [0.1, 0.15) is 0 Å². The van der Waals surface area contributed by atoms with Gasteiger partial charge in [-0.2, -0.15) is 0 Å². The maximum Gasteiger partial charge on any atom is 0.0612 e. The van der Waals surface area contributed by atoms with Gasteiger partial charge in [0.05, 0.1) is 6.10 Å². The van der Waals surface area contributed by atoms with Crippen LogP contribution >= 0.6 is 0 Å². The van der Waals surface area contributed by atoms with Crippen LogP contribution in [-0.4, -0.2) is 41.0 Å². The van der Waals surface area contributed by atoms with Gasteiger partial charge in [-0.3, -0.25) is 4.21 Å². The molecule has 0 radical (unpaired) electrons. The molecule has 0 spiro atoms. The van der Waals surface area contributed by atoms with Crippen molar-refractivity contribution >= 4 is 10.8 Å². The van der Waals surface area contributed by atoms with E-state index in [9.17, 15) is 4.21 Å². The minimum Gasteiger partial charge on any atom is -0.378 e. The molecular weight excluding hydrogens is 222 g/mol. The van der Waals surface area contributed by atoms with Crippen LogP contribution in [0.1, 0.15) is 33.6 Å². The highest BCUT2D eigenvalue weighted by Gasteiger charge is 2.25. The molecule has 1 aliphatic rings. The van der Waals surface area contributed by atoms with E-state index in [1.54, 1.807) is 6.26 Å². The lowest BCUT2D eigenvalue weighted by Gasteiger charge is -2.34. The smallest absolute Gasteiger partial charge is 0.0612 e. The first-order chi connectivity index (χ1) is 7.49. The average Bonchev–Trinajstić information content (AvgIpc) is 2.16. The molecule has 0 aliphatic carbocycles. The van der Waals surface area contributed by atoms with Gasteiger partial charge < -0.3 is 10.1 Å². The predicted molar refractivity (Wildman–Crippen MR) is 69.1 cm³/mol. The molecule has 96 valence electrons. The molecular formula is C12H25NO2S. The SMILES string of the molecule is CC(CS(C)=O)NC1CCOC(C(C)C)C1. The molecule has 4 heteroatoms. The van der Waals surface area contributed by atoms with Crippen molar-refractivity contribution in [2.24, 2.45) is 5.92 Å². The second-order valence-electron chi connectivity index (χ2n) is 5.18. The van der Waals surface area contributed by atoms with Crippen LogP contribution in [0.4, 0.5) is 0 Å². The van der Waals surface area contributed by atoms with Crippen molar-refractivity contribution in [3.63, 3.8) is 0 Å². The molecule has 3 nitrogen and oxygen atoms in total. The van der Waals surface area contributed by atoms with Crippen molar-refractivity contribution in [2.75, 3.05) is 18.6 Å². The van der Waals surface area contributed by atoms with E-state index in [1.807, 2.05) is 0 Å². The molecule has 1 fully saturated rings. The number of ether oxygens (including phenoxy) is 1. The van der Waals surface area contributed by atoms with E-state index in [2.05, 4.69) is 26.1 Å². The third-order valence-electron chi connectivity index (χ3n) is 3.06. The molecule has 1 N–H and O–H groups in total. The van der Waals surface area contributed by atoms with Gasteiger partial charge in [0.25, 0.3) is 0 Å². The summed E-state index contributed by atoms with van der Waals surface area (Å²) in [4.78, 5) is 0. The summed E-state index contributed by atoms with van der Waals surface area (Å²) in [7, 11) is -0.711. The number of nitrogens with one attached hydrogen (secondary N) is 1. The lowest BCUT2D eigenvalue weighted by Crippen LogP contribution is -2.45. The first-order valence-corrected chi connectivity index (χ1v) is 7.89. The van der Waals surface area contributed by atoms with E-state index in [0.29, 0.717) is 24.1 Å². The molecule has 1 heterocycles. The second kappa shape index (κ2) is 6.72. The number of hydrogen-bond donors (Lipinski definition) is 1. The Balaban J connectivity index is 2.33. The summed E-state index contributed by atoms with van der Waals surface area (Å²) in [5.74, 6) is 1.32. The quantitative estimate of drug-likeness (QED) is 0.801. The predicted octanol–water partition coefficient (Wildman–Crippen LogP) is 1.55. The van der Waals surface area contributed by atoms with E-state index < -0.39 is 10.8 Å². The van der Waals surface area contributed by atoms with Gasteiger partial charge in [0, 0.05) is 41.5 Å². The maximum atomic E-state index is 11.1. The van der Waals surface area contributed by atoms with Crippen molar-refractivity contribution in [1.82, 2.24) is 5.32 Å². The van der Waals surface area contributed by atoms with Gasteiger partial charge in [-0.25, -0.2) is 0 Å². The Labute approximate surface area is 102 Å². The summed E-state index contributed by atoms with van der Waals surface area (Å²) in [6, 6.07) is 0.862. The molecule has 4 atom stereocenters. The fourth-order valence-corrected chi connectivity index (χ4v) is 3.05. The van der Waals surface area contributed by atoms with Crippen molar-refractivity contribution in [3.8, 4) is 0 Å². The average molecular weight is 247 g/mol. The van der Waals surface area contributed by atoms with E-state index in [-0.39, 0.29) is 0 Å². The van der Waals surface area contributed by atoms with Crippen LogP contribution in [-0.2, 0) is 15.5 Å². The van der Waals surface area contributed by atoms with Crippen LogP contribution < -0.4 is 5.32 Å². The van der Waals surface area contributed by atoms with Crippen LogP contribution in [0.3, 0.4) is 0 Å². The summed E-state index contributed by atoms with van der Waals surface area (Å²) >= 11 is 0. The van der Waals surface area contributed by atoms with Crippen molar-refractivity contribution in [3.05, 3.63) is 0 Å². The molecule has 0 amide bonds. The topological polar surface area (TPSA) is 38.3 Å². The van der Waals surface area contributed by atoms with E-state index in [1.165, 1.54) is 0 Å². The van der Waals surface area contributed by atoms with Crippen molar-refractivity contribution < 1.29 is 8.95 Å². The monoisotopic (exact) mass is 247 g/mol. The Kier molecular flexibility index (Phi) is 5.94. The summed E-state index contributed by atoms with van der Waals surface area (Å²) in [5.41, 5.74) is 0. The molecule has 4 unspecified atom stereocenters. The van der Waals surface area contributed by atoms with Crippen molar-refractivity contribution in [1.29, 1.82) is 0 Å². The molecule has 16 heavy (non-hydrogen) atoms. The Hall–Kier alpha value is 0.0700. The Morgan fingerprint density at radius 1 is 1.44 bits per heavy atom. The van der Waals surface area contributed by atoms with Gasteiger partial charge in [0.2, 0.25) is 0 Å². The van der Waals surface area contributed by atoms with Gasteiger partial charge >= 0.3 is 0 Å². The zero-order chi connectivity index (χ0) is 12.1. The molecule has 1 rings (SSSR count). The van der Waals surface area contributed by atoms with Crippen LogP contribution in [0, 0.1) is 5.92 Å². The first kappa shape index (κ1) is 14.1. The summed E-state index contributed by atoms with van der Waals surface area (Å²) in [5, 5.41) is 3.56. The van der Waals surface area contributed by atoms with Gasteiger partial charge in [-0.1, -0.05) is 13.8 Å². The maximum absolute atomic E-state index is 11.1. The van der Waals surface area contributed by atoms with Gasteiger partial charge in [-0.05, 0) is 25.7 Å². The molecule has 0 aromatic heterocycles. The molecule has 0 saturated carbocycles. The summed E-state index contributed by atoms with van der Waals surface area (Å²) in [6.45, 7) is 7.37. The van der Waals surface area contributed by atoms with E-state index >= 15 is 0 Å². The van der Waals surface area contributed by atoms with Crippen LogP contribution in [0.25, 0.3) is 0 Å². The largest absolute Gasteiger partial charge is 0.378 e. The zero-order valence-corrected chi connectivity index (χ0v) is 11.7. The van der Waals surface area contributed by atoms with Gasteiger partial charge in [0.15, 0.2) is 0 Å². The third kappa shape index (κ3) is 4.93. The van der Waals surface area contributed by atoms with Crippen LogP contribution in [0.5, 0.6) is 0 Å². The highest BCUT2D eigenvalue weighted by Crippen LogP contribution is 2.20. The van der Waals surface area contributed by atoms with E-state index in [4.69, 9.17) is 4.74 Å². The Bertz CT molecular complexity index is 233. The molecule has 0 aromatic carbocycles. The standard InChI is InChI=1S/C12H25NO2S/c1-9(2)12-7-11(5-6-15-12)13-10(3)8-16(4)14/h9-13H,5-8H2,1-4H3. The minimum absolute atomic E-state index is 0.335. The Morgan fingerprint density at radius 3 is 2.69 bits per heavy atom. The fourth-order valence-electron chi connectivity index (χ4n) is 2.25. The lowest BCUT2D eigenvalue weighted by atomic mass is 9.95. The highest BCUT2D eigenvalue weighted by molar-refractivity contribution is 7.84.